The molecule has 2 atom stereocenters. The molecule has 0 aromatic carbocycles. The summed E-state index contributed by atoms with van der Waals surface area (Å²) in [5, 5.41) is 4.31. The van der Waals surface area contributed by atoms with Crippen LogP contribution >= 0.6 is 0 Å². The van der Waals surface area contributed by atoms with E-state index in [9.17, 15) is 0 Å². The Hall–Kier alpha value is -1.11. The summed E-state index contributed by atoms with van der Waals surface area (Å²) in [5.74, 6) is 0.713. The number of nitrogens with two attached hydrogens (primary N) is 1. The fourth-order valence-electron chi connectivity index (χ4n) is 2.15. The lowest BCUT2D eigenvalue weighted by Gasteiger charge is -2.28. The minimum absolute atomic E-state index is 0.139. The lowest BCUT2D eigenvalue weighted by Crippen LogP contribution is -2.39. The molecule has 0 radical (unpaired) electrons. The highest BCUT2D eigenvalue weighted by atomic mass is 16.6. The zero-order chi connectivity index (χ0) is 13.0. The molecule has 1 fully saturated rings. The molecule has 0 bridgehead atoms. The van der Waals surface area contributed by atoms with Gasteiger partial charge < -0.3 is 19.9 Å². The Morgan fingerprint density at radius 1 is 1.61 bits per heavy atom. The maximum atomic E-state index is 6.28. The third-order valence-corrected chi connectivity index (χ3v) is 3.06. The molecule has 6 heteroatoms. The van der Waals surface area contributed by atoms with E-state index in [-0.39, 0.29) is 12.1 Å². The molecule has 6 nitrogen and oxygen atoms in total. The van der Waals surface area contributed by atoms with Gasteiger partial charge >= 0.3 is 0 Å². The Bertz CT molecular complexity index is 375. The van der Waals surface area contributed by atoms with Crippen molar-refractivity contribution in [3.05, 3.63) is 11.9 Å². The fourth-order valence-corrected chi connectivity index (χ4v) is 2.15. The van der Waals surface area contributed by atoms with Gasteiger partial charge in [-0.2, -0.15) is 5.10 Å². The van der Waals surface area contributed by atoms with Crippen LogP contribution in [0.1, 0.15) is 25.1 Å². The second-order valence-electron chi connectivity index (χ2n) is 4.33. The van der Waals surface area contributed by atoms with Crippen molar-refractivity contribution >= 4 is 0 Å². The van der Waals surface area contributed by atoms with E-state index in [1.54, 1.807) is 13.3 Å². The average molecular weight is 255 g/mol. The first-order valence-electron chi connectivity index (χ1n) is 6.32. The molecule has 2 heterocycles. The van der Waals surface area contributed by atoms with Crippen LogP contribution in [0.4, 0.5) is 0 Å². The first kappa shape index (κ1) is 13.3. The van der Waals surface area contributed by atoms with E-state index in [0.717, 1.165) is 18.7 Å². The smallest absolute Gasteiger partial charge is 0.161 e. The van der Waals surface area contributed by atoms with Gasteiger partial charge in [0.25, 0.3) is 0 Å². The summed E-state index contributed by atoms with van der Waals surface area (Å²) in [6, 6.07) is -0.283. The zero-order valence-corrected chi connectivity index (χ0v) is 11.0. The zero-order valence-electron chi connectivity index (χ0n) is 11.0. The van der Waals surface area contributed by atoms with Crippen molar-refractivity contribution in [3.8, 4) is 5.75 Å². The largest absolute Gasteiger partial charge is 0.493 e. The minimum atomic E-state index is -0.283. The molecule has 2 unspecified atom stereocenters. The molecule has 1 aliphatic rings. The molecule has 1 aliphatic heterocycles. The van der Waals surface area contributed by atoms with Gasteiger partial charge in [-0.1, -0.05) is 6.92 Å². The van der Waals surface area contributed by atoms with Gasteiger partial charge in [0.2, 0.25) is 0 Å². The van der Waals surface area contributed by atoms with Crippen LogP contribution in [0.5, 0.6) is 5.75 Å². The predicted octanol–water partition coefficient (Wildman–Crippen LogP) is 0.717. The summed E-state index contributed by atoms with van der Waals surface area (Å²) in [7, 11) is 1.63. The highest BCUT2D eigenvalue weighted by molar-refractivity contribution is 5.29. The first-order chi connectivity index (χ1) is 8.77. The number of ether oxygens (including phenoxy) is 3. The Balaban J connectivity index is 2.20. The molecule has 2 N–H and O–H groups in total. The summed E-state index contributed by atoms with van der Waals surface area (Å²) in [4.78, 5) is 0. The van der Waals surface area contributed by atoms with Gasteiger partial charge in [-0.3, -0.25) is 4.68 Å². The van der Waals surface area contributed by atoms with Gasteiger partial charge in [-0.15, -0.1) is 0 Å². The van der Waals surface area contributed by atoms with Crippen LogP contribution in [-0.2, 0) is 16.0 Å². The van der Waals surface area contributed by atoms with Crippen molar-refractivity contribution < 1.29 is 14.2 Å². The van der Waals surface area contributed by atoms with E-state index in [1.807, 2.05) is 4.68 Å². The highest BCUT2D eigenvalue weighted by Gasteiger charge is 2.29. The lowest BCUT2D eigenvalue weighted by molar-refractivity contribution is -0.0985. The Kier molecular flexibility index (Phi) is 4.57. The van der Waals surface area contributed by atoms with Crippen molar-refractivity contribution in [1.29, 1.82) is 0 Å². The van der Waals surface area contributed by atoms with Gasteiger partial charge in [-0.25, -0.2) is 0 Å². The quantitative estimate of drug-likeness (QED) is 0.839. The van der Waals surface area contributed by atoms with Gasteiger partial charge in [0.1, 0.15) is 6.10 Å². The Morgan fingerprint density at radius 3 is 3.06 bits per heavy atom. The maximum absolute atomic E-state index is 6.28. The highest BCUT2D eigenvalue weighted by Crippen LogP contribution is 2.28. The number of aryl methyl sites for hydroxylation is 1. The van der Waals surface area contributed by atoms with Crippen LogP contribution in [0, 0.1) is 0 Å². The van der Waals surface area contributed by atoms with Crippen LogP contribution in [-0.4, -0.2) is 42.8 Å². The number of aromatic nitrogens is 2. The summed E-state index contributed by atoms with van der Waals surface area (Å²) in [5.41, 5.74) is 7.16. The predicted molar refractivity (Wildman–Crippen MR) is 66.6 cm³/mol. The molecule has 0 spiro atoms. The summed E-state index contributed by atoms with van der Waals surface area (Å²) in [6.07, 6.45) is 2.56. The molecule has 18 heavy (non-hydrogen) atoms. The third kappa shape index (κ3) is 2.66. The average Bonchev–Trinajstić information content (AvgIpc) is 2.82. The monoisotopic (exact) mass is 255 g/mol. The van der Waals surface area contributed by atoms with Gasteiger partial charge in [0, 0.05) is 6.54 Å². The third-order valence-electron chi connectivity index (χ3n) is 3.06. The van der Waals surface area contributed by atoms with E-state index >= 15 is 0 Å². The Labute approximate surface area is 107 Å². The second-order valence-corrected chi connectivity index (χ2v) is 4.33. The first-order valence-corrected chi connectivity index (χ1v) is 6.32. The van der Waals surface area contributed by atoms with Crippen molar-refractivity contribution in [2.75, 3.05) is 26.9 Å². The molecule has 102 valence electrons. The summed E-state index contributed by atoms with van der Waals surface area (Å²) in [6.45, 7) is 4.66. The van der Waals surface area contributed by atoms with Crippen molar-refractivity contribution in [3.63, 3.8) is 0 Å². The molecule has 0 aliphatic carbocycles. The molecule has 2 rings (SSSR count). The van der Waals surface area contributed by atoms with Crippen LogP contribution < -0.4 is 10.5 Å². The number of hydrogen-bond donors (Lipinski definition) is 1. The van der Waals surface area contributed by atoms with Crippen molar-refractivity contribution in [1.82, 2.24) is 9.78 Å². The molecule has 1 aromatic rings. The molecule has 1 saturated heterocycles. The van der Waals surface area contributed by atoms with Crippen LogP contribution in [0.15, 0.2) is 6.20 Å². The SMILES string of the molecule is CCCn1ncc(OC)c1C(N)C1COCCO1. The normalized spacial score (nSPS) is 21.8. The lowest BCUT2D eigenvalue weighted by atomic mass is 10.1. The number of nitrogens with zero attached hydrogens (tertiary/aromatic N) is 2. The number of rotatable bonds is 5. The molecular formula is C12H21N3O3. The topological polar surface area (TPSA) is 71.5 Å². The number of methoxy groups -OCH3 is 1. The van der Waals surface area contributed by atoms with E-state index in [0.29, 0.717) is 25.6 Å². The van der Waals surface area contributed by atoms with Gasteiger partial charge in [-0.05, 0) is 6.42 Å². The van der Waals surface area contributed by atoms with E-state index < -0.39 is 0 Å². The van der Waals surface area contributed by atoms with E-state index in [1.165, 1.54) is 0 Å². The van der Waals surface area contributed by atoms with Crippen LogP contribution in [0.3, 0.4) is 0 Å². The van der Waals surface area contributed by atoms with E-state index in [4.69, 9.17) is 19.9 Å². The summed E-state index contributed by atoms with van der Waals surface area (Å²) < 4.78 is 18.3. The fraction of sp³-hybridized carbons (Fsp3) is 0.750. The molecule has 1 aromatic heterocycles. The number of hydrogen-bond acceptors (Lipinski definition) is 5. The minimum Gasteiger partial charge on any atom is -0.493 e. The van der Waals surface area contributed by atoms with Crippen molar-refractivity contribution in [2.24, 2.45) is 5.73 Å². The standard InChI is InChI=1S/C12H21N3O3/c1-3-4-15-12(9(16-2)7-14-15)11(13)10-8-17-5-6-18-10/h7,10-11H,3-6,8,13H2,1-2H3. The molecule has 0 saturated carbocycles. The van der Waals surface area contributed by atoms with Crippen molar-refractivity contribution in [2.45, 2.75) is 32.0 Å². The van der Waals surface area contributed by atoms with Crippen LogP contribution in [0.25, 0.3) is 0 Å². The second kappa shape index (κ2) is 6.17. The maximum Gasteiger partial charge on any atom is 0.161 e. The van der Waals surface area contributed by atoms with Crippen LogP contribution in [0.2, 0.25) is 0 Å². The van der Waals surface area contributed by atoms with Gasteiger partial charge in [0.15, 0.2) is 5.75 Å². The van der Waals surface area contributed by atoms with E-state index in [2.05, 4.69) is 12.0 Å². The summed E-state index contributed by atoms with van der Waals surface area (Å²) >= 11 is 0. The Morgan fingerprint density at radius 2 is 2.44 bits per heavy atom. The van der Waals surface area contributed by atoms with Gasteiger partial charge in [0.05, 0.1) is 44.9 Å². The molecule has 0 amide bonds. The molecular weight excluding hydrogens is 234 g/mol.